The largest absolute Gasteiger partial charge is 0.422 e. The fourth-order valence-electron chi connectivity index (χ4n) is 3.67. The Balaban J connectivity index is 2.00. The van der Waals surface area contributed by atoms with Gasteiger partial charge < -0.3 is 13.6 Å². The van der Waals surface area contributed by atoms with Crippen LogP contribution >= 0.6 is 23.0 Å². The van der Waals surface area contributed by atoms with Crippen LogP contribution in [0, 0.1) is 20.8 Å². The fourth-order valence-corrected chi connectivity index (χ4v) is 13.2. The molecule has 0 unspecified atom stereocenters. The highest BCUT2D eigenvalue weighted by molar-refractivity contribution is 7.78. The predicted molar refractivity (Wildman–Crippen MR) is 172 cm³/mol. The molecule has 0 radical (unpaired) electrons. The van der Waals surface area contributed by atoms with Gasteiger partial charge in [0.25, 0.3) is 0 Å². The molecule has 0 aliphatic carbocycles. The third-order valence-electron chi connectivity index (χ3n) is 5.80. The van der Waals surface area contributed by atoms with E-state index in [-0.39, 0.29) is 0 Å². The molecule has 42 heavy (non-hydrogen) atoms. The first-order valence-corrected chi connectivity index (χ1v) is 19.0. The van der Waals surface area contributed by atoms with Gasteiger partial charge in [-0.3, -0.25) is 13.6 Å². The fraction of sp³-hybridized carbons (Fsp3) is 0.400. The Morgan fingerprint density at radius 3 is 0.881 bits per heavy atom. The smallest absolute Gasteiger partial charge is 0.404 e. The Hall–Kier alpha value is -2.37. The summed E-state index contributed by atoms with van der Waals surface area (Å²) >= 11 is 0. The summed E-state index contributed by atoms with van der Waals surface area (Å²) in [5.41, 5.74) is 3.30. The molecule has 12 heteroatoms. The molecule has 0 saturated carbocycles. The van der Waals surface area contributed by atoms with Crippen LogP contribution in [0.4, 0.5) is 0 Å². The van der Waals surface area contributed by atoms with E-state index in [1.54, 1.807) is 0 Å². The van der Waals surface area contributed by atoms with Crippen LogP contribution < -0.4 is 13.6 Å². The first-order valence-electron chi connectivity index (χ1n) is 14.4. The van der Waals surface area contributed by atoms with Gasteiger partial charge in [0, 0.05) is 0 Å². The van der Waals surface area contributed by atoms with Gasteiger partial charge >= 0.3 is 23.0 Å². The molecular weight excluding hydrogens is 591 g/mol. The Morgan fingerprint density at radius 1 is 0.429 bits per heavy atom. The highest BCUT2D eigenvalue weighted by Gasteiger charge is 2.45. The SMILES string of the molecule is CCCOP1(Oc2ccc(C)cc2)=NP(OCCC)(Oc2ccc(C)cc2)=NP(OCCC)(Oc2ccc(C)cc2)=N1. The van der Waals surface area contributed by atoms with Gasteiger partial charge in [-0.05, 0) is 76.4 Å². The first kappa shape index (κ1) is 32.5. The van der Waals surface area contributed by atoms with Crippen molar-refractivity contribution >= 4 is 23.0 Å². The molecule has 0 saturated heterocycles. The number of hydrogen-bond donors (Lipinski definition) is 0. The topological polar surface area (TPSA) is 92.5 Å². The van der Waals surface area contributed by atoms with Crippen molar-refractivity contribution in [2.45, 2.75) is 60.8 Å². The van der Waals surface area contributed by atoms with Gasteiger partial charge in [0.1, 0.15) is 17.2 Å². The molecule has 0 bridgehead atoms. The van der Waals surface area contributed by atoms with Crippen molar-refractivity contribution in [2.75, 3.05) is 19.8 Å². The zero-order valence-electron chi connectivity index (χ0n) is 25.3. The van der Waals surface area contributed by atoms with Crippen molar-refractivity contribution in [3.8, 4) is 17.2 Å². The number of aryl methyl sites for hydroxylation is 3. The first-order chi connectivity index (χ1) is 20.2. The number of benzene rings is 3. The summed E-state index contributed by atoms with van der Waals surface area (Å²) in [6.07, 6.45) is 2.17. The van der Waals surface area contributed by atoms with E-state index in [0.29, 0.717) is 37.1 Å². The van der Waals surface area contributed by atoms with Gasteiger partial charge in [0.15, 0.2) is 0 Å². The second-order valence-corrected chi connectivity index (χ2v) is 16.4. The minimum atomic E-state index is -3.51. The molecule has 1 heterocycles. The maximum Gasteiger partial charge on any atom is 0.404 e. The Morgan fingerprint density at radius 2 is 0.667 bits per heavy atom. The standard InChI is InChI=1S/C30H42N3O6P3/c1-7-22-34-40(37-28-16-10-25(4)11-17-28)31-41(35-23-8-2,38-29-18-12-26(5)13-19-29)33-42(32-40,36-24-9-3)39-30-20-14-27(6)15-21-30/h10-21H,7-9,22-24H2,1-6H3. The summed E-state index contributed by atoms with van der Waals surface area (Å²) in [6, 6.07) is 23.1. The van der Waals surface area contributed by atoms with Crippen LogP contribution in [0.1, 0.15) is 56.7 Å². The lowest BCUT2D eigenvalue weighted by Crippen LogP contribution is -2.09. The maximum absolute atomic E-state index is 6.62. The molecule has 1 aliphatic heterocycles. The molecule has 0 fully saturated rings. The van der Waals surface area contributed by atoms with Crippen LogP contribution in [0.2, 0.25) is 0 Å². The number of hydrogen-bond acceptors (Lipinski definition) is 9. The van der Waals surface area contributed by atoms with Crippen LogP contribution in [-0.4, -0.2) is 19.8 Å². The van der Waals surface area contributed by atoms with Crippen LogP contribution in [0.15, 0.2) is 86.3 Å². The van der Waals surface area contributed by atoms with Crippen LogP contribution in [0.25, 0.3) is 0 Å². The van der Waals surface area contributed by atoms with E-state index in [2.05, 4.69) is 0 Å². The molecule has 0 atom stereocenters. The molecule has 3 aromatic rings. The van der Waals surface area contributed by atoms with Crippen LogP contribution in [0.5, 0.6) is 17.2 Å². The third-order valence-corrected chi connectivity index (χ3v) is 14.1. The van der Waals surface area contributed by atoms with Crippen LogP contribution in [0.3, 0.4) is 0 Å². The van der Waals surface area contributed by atoms with Crippen molar-refractivity contribution in [1.29, 1.82) is 0 Å². The van der Waals surface area contributed by atoms with Gasteiger partial charge in [-0.15, -0.1) is 13.5 Å². The summed E-state index contributed by atoms with van der Waals surface area (Å²) in [4.78, 5) is 0. The Bertz CT molecular complexity index is 1280. The van der Waals surface area contributed by atoms with Crippen molar-refractivity contribution in [3.05, 3.63) is 89.5 Å². The zero-order valence-corrected chi connectivity index (χ0v) is 28.0. The molecule has 0 N–H and O–H groups in total. The summed E-state index contributed by atoms with van der Waals surface area (Å²) < 4.78 is 54.5. The van der Waals surface area contributed by atoms with Crippen molar-refractivity contribution in [2.24, 2.45) is 13.5 Å². The van der Waals surface area contributed by atoms with Gasteiger partial charge in [0.2, 0.25) is 0 Å². The maximum atomic E-state index is 6.62. The Labute approximate surface area is 250 Å². The van der Waals surface area contributed by atoms with Gasteiger partial charge in [0.05, 0.1) is 19.8 Å². The number of nitrogens with zero attached hydrogens (tertiary/aromatic N) is 3. The number of rotatable bonds is 15. The molecule has 1 aliphatic rings. The molecule has 9 nitrogen and oxygen atoms in total. The average Bonchev–Trinajstić information content (AvgIpc) is 2.98. The summed E-state index contributed by atoms with van der Waals surface area (Å²) in [5, 5.41) is 0. The second kappa shape index (κ2) is 14.9. The third kappa shape index (κ3) is 8.83. The highest BCUT2D eigenvalue weighted by atomic mass is 31.3. The minimum absolute atomic E-state index is 0.350. The van der Waals surface area contributed by atoms with Crippen molar-refractivity contribution < 1.29 is 27.1 Å². The van der Waals surface area contributed by atoms with Crippen molar-refractivity contribution in [3.63, 3.8) is 0 Å². The van der Waals surface area contributed by atoms with E-state index in [0.717, 1.165) is 36.0 Å². The average molecular weight is 634 g/mol. The second-order valence-electron chi connectivity index (χ2n) is 9.95. The van der Waals surface area contributed by atoms with E-state index < -0.39 is 23.0 Å². The molecular formula is C30H42N3O6P3. The lowest BCUT2D eigenvalue weighted by Gasteiger charge is -2.33. The summed E-state index contributed by atoms with van der Waals surface area (Å²) in [5.74, 6) is 1.69. The van der Waals surface area contributed by atoms with E-state index in [9.17, 15) is 0 Å². The molecule has 228 valence electrons. The summed E-state index contributed by atoms with van der Waals surface area (Å²) in [7, 11) is -10.5. The quantitative estimate of drug-likeness (QED) is 0.155. The highest BCUT2D eigenvalue weighted by Crippen LogP contribution is 2.79. The summed E-state index contributed by atoms with van der Waals surface area (Å²) in [6.45, 7) is 13.2. The molecule has 3 aromatic carbocycles. The Kier molecular flexibility index (Phi) is 11.5. The van der Waals surface area contributed by atoms with E-state index in [4.69, 9.17) is 40.7 Å². The van der Waals surface area contributed by atoms with Crippen molar-refractivity contribution in [1.82, 2.24) is 0 Å². The normalized spacial score (nSPS) is 23.3. The lowest BCUT2D eigenvalue weighted by molar-refractivity contribution is 0.282. The predicted octanol–water partition coefficient (Wildman–Crippen LogP) is 11.3. The van der Waals surface area contributed by atoms with E-state index in [1.165, 1.54) is 0 Å². The van der Waals surface area contributed by atoms with E-state index >= 15 is 0 Å². The van der Waals surface area contributed by atoms with Gasteiger partial charge in [-0.1, -0.05) is 73.9 Å². The molecule has 4 rings (SSSR count). The lowest BCUT2D eigenvalue weighted by atomic mass is 10.2. The monoisotopic (exact) mass is 633 g/mol. The van der Waals surface area contributed by atoms with Gasteiger partial charge in [-0.2, -0.15) is 0 Å². The van der Waals surface area contributed by atoms with Gasteiger partial charge in [-0.25, -0.2) is 0 Å². The molecule has 0 spiro atoms. The molecule has 0 aromatic heterocycles. The minimum Gasteiger partial charge on any atom is -0.422 e. The van der Waals surface area contributed by atoms with E-state index in [1.807, 2.05) is 114 Å². The van der Waals surface area contributed by atoms with Crippen LogP contribution in [-0.2, 0) is 13.6 Å². The molecule has 0 amide bonds. The zero-order chi connectivity index (χ0) is 30.1.